The van der Waals surface area contributed by atoms with Gasteiger partial charge in [-0.25, -0.2) is 0 Å². The van der Waals surface area contributed by atoms with Crippen LogP contribution in [0.1, 0.15) is 13.8 Å². The molecule has 0 unspecified atom stereocenters. The molecule has 0 saturated carbocycles. The second-order valence-electron chi connectivity index (χ2n) is 4.33. The van der Waals surface area contributed by atoms with E-state index in [2.05, 4.69) is 0 Å². The number of aliphatic hydroxyl groups is 5. The highest BCUT2D eigenvalue weighted by Gasteiger charge is 2.31. The molecular weight excluding hydrogens is 232 g/mol. The van der Waals surface area contributed by atoms with E-state index < -0.39 is 36.6 Å². The third-order valence-electron chi connectivity index (χ3n) is 2.24. The Balaban J connectivity index is 4.22. The maximum absolute atomic E-state index is 10.5. The van der Waals surface area contributed by atoms with Gasteiger partial charge in [0.15, 0.2) is 6.29 Å². The second-order valence-corrected chi connectivity index (χ2v) is 4.33. The first-order chi connectivity index (χ1) is 7.75. The van der Waals surface area contributed by atoms with Crippen LogP contribution < -0.4 is 0 Å². The highest BCUT2D eigenvalue weighted by Crippen LogP contribution is 2.10. The SMILES string of the molecule is CC(C)(C=O)OC[C@@H](O)[C@@H](O)[C@H](O)[C@@H](O)CO. The van der Waals surface area contributed by atoms with Crippen molar-refractivity contribution in [1.29, 1.82) is 0 Å². The molecule has 0 amide bonds. The van der Waals surface area contributed by atoms with Crippen molar-refractivity contribution in [3.63, 3.8) is 0 Å². The van der Waals surface area contributed by atoms with E-state index in [9.17, 15) is 20.1 Å². The minimum atomic E-state index is -1.70. The van der Waals surface area contributed by atoms with Crippen molar-refractivity contribution in [2.45, 2.75) is 43.9 Å². The van der Waals surface area contributed by atoms with Gasteiger partial charge in [-0.05, 0) is 13.8 Å². The van der Waals surface area contributed by atoms with Gasteiger partial charge in [0.1, 0.15) is 30.0 Å². The summed E-state index contributed by atoms with van der Waals surface area (Å²) in [4.78, 5) is 10.5. The molecule has 0 aliphatic heterocycles. The van der Waals surface area contributed by atoms with Crippen LogP contribution in [0.3, 0.4) is 0 Å². The lowest BCUT2D eigenvalue weighted by Gasteiger charge is -2.27. The Hall–Kier alpha value is -0.570. The molecule has 4 atom stereocenters. The third-order valence-corrected chi connectivity index (χ3v) is 2.24. The predicted molar refractivity (Wildman–Crippen MR) is 57.2 cm³/mol. The van der Waals surface area contributed by atoms with Crippen LogP contribution in [0.5, 0.6) is 0 Å². The fourth-order valence-corrected chi connectivity index (χ4v) is 0.996. The molecule has 5 N–H and O–H groups in total. The van der Waals surface area contributed by atoms with E-state index in [0.717, 1.165) is 0 Å². The highest BCUT2D eigenvalue weighted by molar-refractivity contribution is 5.60. The average molecular weight is 252 g/mol. The molecule has 7 nitrogen and oxygen atoms in total. The van der Waals surface area contributed by atoms with Crippen molar-refractivity contribution in [2.75, 3.05) is 13.2 Å². The fourth-order valence-electron chi connectivity index (χ4n) is 0.996. The van der Waals surface area contributed by atoms with Gasteiger partial charge in [-0.1, -0.05) is 0 Å². The van der Waals surface area contributed by atoms with E-state index in [1.165, 1.54) is 13.8 Å². The van der Waals surface area contributed by atoms with Crippen LogP contribution in [0.4, 0.5) is 0 Å². The summed E-state index contributed by atoms with van der Waals surface area (Å²) in [6.45, 7) is 1.81. The summed E-state index contributed by atoms with van der Waals surface area (Å²) in [5, 5.41) is 45.8. The number of hydrogen-bond acceptors (Lipinski definition) is 7. The minimum absolute atomic E-state index is 0.387. The van der Waals surface area contributed by atoms with Crippen LogP contribution in [0.15, 0.2) is 0 Å². The van der Waals surface area contributed by atoms with Gasteiger partial charge in [-0.3, -0.25) is 0 Å². The molecule has 0 aromatic rings. The number of aliphatic hydroxyl groups excluding tert-OH is 5. The maximum atomic E-state index is 10.5. The van der Waals surface area contributed by atoms with Crippen molar-refractivity contribution in [3.05, 3.63) is 0 Å². The van der Waals surface area contributed by atoms with Gasteiger partial charge in [0.05, 0.1) is 13.2 Å². The lowest BCUT2D eigenvalue weighted by molar-refractivity contribution is -0.150. The highest BCUT2D eigenvalue weighted by atomic mass is 16.5. The summed E-state index contributed by atoms with van der Waals surface area (Å²) >= 11 is 0. The zero-order chi connectivity index (χ0) is 13.6. The summed E-state index contributed by atoms with van der Waals surface area (Å²) < 4.78 is 4.99. The molecule has 102 valence electrons. The number of carbonyl (C=O) groups excluding carboxylic acids is 1. The summed E-state index contributed by atoms with van der Waals surface area (Å²) in [6.07, 6.45) is -5.88. The van der Waals surface area contributed by atoms with Gasteiger partial charge in [-0.15, -0.1) is 0 Å². The van der Waals surface area contributed by atoms with E-state index in [4.69, 9.17) is 14.9 Å². The van der Waals surface area contributed by atoms with Crippen LogP contribution in [-0.4, -0.2) is 75.0 Å². The molecule has 0 aromatic carbocycles. The maximum Gasteiger partial charge on any atom is 0.151 e. The molecule has 0 spiro atoms. The average Bonchev–Trinajstić information content (AvgIpc) is 2.33. The Labute approximate surface area is 99.3 Å². The number of carbonyl (C=O) groups is 1. The molecule has 0 aliphatic carbocycles. The normalized spacial score (nSPS) is 19.5. The van der Waals surface area contributed by atoms with Gasteiger partial charge in [0.2, 0.25) is 0 Å². The smallest absolute Gasteiger partial charge is 0.151 e. The standard InChI is InChI=1S/C10H20O7/c1-10(2,5-12)17-4-7(14)9(16)8(15)6(13)3-11/h5-9,11,13-16H,3-4H2,1-2H3/t6-,7+,8+,9+/m0/s1. The Morgan fingerprint density at radius 3 is 2.00 bits per heavy atom. The van der Waals surface area contributed by atoms with Gasteiger partial charge < -0.3 is 35.1 Å². The van der Waals surface area contributed by atoms with Crippen LogP contribution in [0.2, 0.25) is 0 Å². The Morgan fingerprint density at radius 2 is 1.59 bits per heavy atom. The van der Waals surface area contributed by atoms with E-state index >= 15 is 0 Å². The van der Waals surface area contributed by atoms with E-state index in [1.54, 1.807) is 0 Å². The molecule has 0 bridgehead atoms. The molecule has 17 heavy (non-hydrogen) atoms. The lowest BCUT2D eigenvalue weighted by Crippen LogP contribution is -2.48. The molecule has 0 aromatic heterocycles. The number of rotatable bonds is 8. The van der Waals surface area contributed by atoms with Crippen LogP contribution in [0, 0.1) is 0 Å². The number of ether oxygens (including phenoxy) is 1. The first-order valence-electron chi connectivity index (χ1n) is 5.18. The lowest BCUT2D eigenvalue weighted by atomic mass is 10.0. The third kappa shape index (κ3) is 5.53. The zero-order valence-electron chi connectivity index (χ0n) is 9.85. The molecule has 0 aliphatic rings. The Bertz CT molecular complexity index is 231. The fraction of sp³-hybridized carbons (Fsp3) is 0.900. The van der Waals surface area contributed by atoms with E-state index in [-0.39, 0.29) is 6.61 Å². The van der Waals surface area contributed by atoms with Gasteiger partial charge in [0, 0.05) is 0 Å². The summed E-state index contributed by atoms with van der Waals surface area (Å²) in [5.41, 5.74) is -1.11. The topological polar surface area (TPSA) is 127 Å². The minimum Gasteiger partial charge on any atom is -0.394 e. The van der Waals surface area contributed by atoms with Crippen molar-refractivity contribution in [3.8, 4) is 0 Å². The number of hydrogen-bond donors (Lipinski definition) is 5. The van der Waals surface area contributed by atoms with Crippen LogP contribution in [0.25, 0.3) is 0 Å². The molecule has 0 rings (SSSR count). The van der Waals surface area contributed by atoms with Crippen molar-refractivity contribution < 1.29 is 35.1 Å². The molecule has 0 heterocycles. The largest absolute Gasteiger partial charge is 0.394 e. The first kappa shape index (κ1) is 16.4. The molecule has 0 radical (unpaired) electrons. The molecular formula is C10H20O7. The Morgan fingerprint density at radius 1 is 1.12 bits per heavy atom. The number of aldehydes is 1. The van der Waals surface area contributed by atoms with Crippen molar-refractivity contribution >= 4 is 6.29 Å². The van der Waals surface area contributed by atoms with Crippen LogP contribution in [-0.2, 0) is 9.53 Å². The molecule has 7 heteroatoms. The summed E-state index contributed by atoms with van der Waals surface area (Å²) in [6, 6.07) is 0. The molecule has 0 saturated heterocycles. The zero-order valence-corrected chi connectivity index (χ0v) is 9.85. The second kappa shape index (κ2) is 7.00. The summed E-state index contributed by atoms with van der Waals surface area (Å²) in [7, 11) is 0. The van der Waals surface area contributed by atoms with E-state index in [0.29, 0.717) is 6.29 Å². The first-order valence-corrected chi connectivity index (χ1v) is 5.18. The van der Waals surface area contributed by atoms with Crippen molar-refractivity contribution in [2.24, 2.45) is 0 Å². The van der Waals surface area contributed by atoms with Gasteiger partial charge in [0.25, 0.3) is 0 Å². The van der Waals surface area contributed by atoms with Crippen LogP contribution >= 0.6 is 0 Å². The van der Waals surface area contributed by atoms with E-state index in [1.807, 2.05) is 0 Å². The monoisotopic (exact) mass is 252 g/mol. The van der Waals surface area contributed by atoms with Gasteiger partial charge >= 0.3 is 0 Å². The Kier molecular flexibility index (Phi) is 6.76. The molecule has 0 fully saturated rings. The predicted octanol–water partition coefficient (Wildman–Crippen LogP) is -2.58. The van der Waals surface area contributed by atoms with Gasteiger partial charge in [-0.2, -0.15) is 0 Å². The quantitative estimate of drug-likeness (QED) is 0.300. The van der Waals surface area contributed by atoms with Crippen molar-refractivity contribution in [1.82, 2.24) is 0 Å². The summed E-state index contributed by atoms with van der Waals surface area (Å²) in [5.74, 6) is 0.